The fourth-order valence-electron chi connectivity index (χ4n) is 3.17. The molecule has 0 spiro atoms. The van der Waals surface area contributed by atoms with Crippen molar-refractivity contribution in [3.8, 4) is 0 Å². The van der Waals surface area contributed by atoms with Gasteiger partial charge in [-0.25, -0.2) is 0 Å². The molecule has 0 fully saturated rings. The monoisotopic (exact) mass is 402 g/mol. The Morgan fingerprint density at radius 2 is 1.32 bits per heavy atom. The number of allylic oxidation sites excluding steroid dienone is 2. The maximum Gasteiger partial charge on any atom is 0.0673 e. The molecular formula is C24H22N2S2. The Kier molecular flexibility index (Phi) is 5.51. The molecule has 1 aliphatic carbocycles. The molecule has 4 heteroatoms. The smallest absolute Gasteiger partial charge is 0.0673 e. The van der Waals surface area contributed by atoms with Crippen LogP contribution in [0.5, 0.6) is 0 Å². The second-order valence-corrected chi connectivity index (χ2v) is 9.29. The van der Waals surface area contributed by atoms with E-state index in [1.807, 2.05) is 36.0 Å². The van der Waals surface area contributed by atoms with E-state index in [4.69, 9.17) is 11.5 Å². The standard InChI is InChI=1S/C24H22N2S2/c25-19-6-10-21(11-7-19)27-22-14-16-24(17-15-22,18-4-2-1-3-5-18)28-23-12-8-20(26)9-13-23/h1-16H,17,25-26H2. The van der Waals surface area contributed by atoms with Gasteiger partial charge in [0.15, 0.2) is 0 Å². The molecule has 1 aliphatic rings. The van der Waals surface area contributed by atoms with Gasteiger partial charge >= 0.3 is 0 Å². The second-order valence-electron chi connectivity index (χ2n) is 6.74. The number of anilines is 2. The van der Waals surface area contributed by atoms with Crippen molar-refractivity contribution in [2.75, 3.05) is 11.5 Å². The average Bonchev–Trinajstić information content (AvgIpc) is 2.74. The Morgan fingerprint density at radius 3 is 1.89 bits per heavy atom. The summed E-state index contributed by atoms with van der Waals surface area (Å²) in [7, 11) is 0. The second kappa shape index (κ2) is 8.21. The molecule has 140 valence electrons. The maximum absolute atomic E-state index is 5.86. The summed E-state index contributed by atoms with van der Waals surface area (Å²) < 4.78 is -0.122. The first kappa shape index (κ1) is 18.8. The number of nitrogens with two attached hydrogens (primary N) is 2. The fraction of sp³-hybridized carbons (Fsp3) is 0.0833. The number of thioether (sulfide) groups is 2. The average molecular weight is 403 g/mol. The zero-order valence-electron chi connectivity index (χ0n) is 15.4. The Bertz CT molecular complexity index is 993. The van der Waals surface area contributed by atoms with Crippen LogP contribution in [0.1, 0.15) is 12.0 Å². The van der Waals surface area contributed by atoms with E-state index in [2.05, 4.69) is 72.8 Å². The van der Waals surface area contributed by atoms with Gasteiger partial charge in [0, 0.05) is 26.1 Å². The van der Waals surface area contributed by atoms with Crippen LogP contribution in [-0.4, -0.2) is 0 Å². The lowest BCUT2D eigenvalue weighted by Crippen LogP contribution is -2.20. The minimum Gasteiger partial charge on any atom is -0.399 e. The first-order chi connectivity index (χ1) is 13.6. The van der Waals surface area contributed by atoms with E-state index >= 15 is 0 Å². The topological polar surface area (TPSA) is 52.0 Å². The highest BCUT2D eigenvalue weighted by atomic mass is 32.2. The molecule has 1 atom stereocenters. The molecular weight excluding hydrogens is 380 g/mol. The van der Waals surface area contributed by atoms with Gasteiger partial charge in [-0.05, 0) is 60.5 Å². The van der Waals surface area contributed by atoms with E-state index in [1.165, 1.54) is 20.3 Å². The normalized spacial score (nSPS) is 18.6. The van der Waals surface area contributed by atoms with E-state index in [0.717, 1.165) is 17.8 Å². The van der Waals surface area contributed by atoms with Crippen molar-refractivity contribution in [2.24, 2.45) is 0 Å². The van der Waals surface area contributed by atoms with Crippen LogP contribution in [0, 0.1) is 0 Å². The van der Waals surface area contributed by atoms with Gasteiger partial charge in [-0.1, -0.05) is 60.3 Å². The van der Waals surface area contributed by atoms with Gasteiger partial charge < -0.3 is 11.5 Å². The SMILES string of the molecule is Nc1ccc(SC2=CCC(Sc3ccc(N)cc3)(c3ccccc3)C=C2)cc1. The number of nitrogen functional groups attached to an aromatic ring is 2. The molecule has 0 radical (unpaired) electrons. The summed E-state index contributed by atoms with van der Waals surface area (Å²) in [5.74, 6) is 0. The lowest BCUT2D eigenvalue weighted by Gasteiger charge is -2.32. The Labute approximate surface area is 174 Å². The molecule has 0 aromatic heterocycles. The van der Waals surface area contributed by atoms with Gasteiger partial charge in [0.05, 0.1) is 4.75 Å². The third-order valence-corrected chi connectivity index (χ3v) is 7.14. The summed E-state index contributed by atoms with van der Waals surface area (Å²) in [5.41, 5.74) is 14.5. The minimum atomic E-state index is -0.122. The maximum atomic E-state index is 5.86. The first-order valence-electron chi connectivity index (χ1n) is 9.16. The predicted octanol–water partition coefficient (Wildman–Crippen LogP) is 6.47. The summed E-state index contributed by atoms with van der Waals surface area (Å²) >= 11 is 3.64. The van der Waals surface area contributed by atoms with Crippen LogP contribution in [0.15, 0.2) is 112 Å². The van der Waals surface area contributed by atoms with E-state index in [9.17, 15) is 0 Å². The van der Waals surface area contributed by atoms with Crippen LogP contribution in [0.4, 0.5) is 11.4 Å². The lowest BCUT2D eigenvalue weighted by atomic mass is 9.91. The lowest BCUT2D eigenvalue weighted by molar-refractivity contribution is 0.776. The van der Waals surface area contributed by atoms with Crippen LogP contribution < -0.4 is 11.5 Å². The van der Waals surface area contributed by atoms with E-state index in [0.29, 0.717) is 0 Å². The highest BCUT2D eigenvalue weighted by Crippen LogP contribution is 2.49. The van der Waals surface area contributed by atoms with Gasteiger partial charge in [0.2, 0.25) is 0 Å². The molecule has 4 N–H and O–H groups in total. The van der Waals surface area contributed by atoms with Crippen molar-refractivity contribution >= 4 is 34.9 Å². The van der Waals surface area contributed by atoms with E-state index in [1.54, 1.807) is 11.8 Å². The fourth-order valence-corrected chi connectivity index (χ4v) is 5.26. The molecule has 3 aromatic carbocycles. The molecule has 3 aromatic rings. The molecule has 28 heavy (non-hydrogen) atoms. The molecule has 2 nitrogen and oxygen atoms in total. The van der Waals surface area contributed by atoms with Crippen LogP contribution >= 0.6 is 23.5 Å². The largest absolute Gasteiger partial charge is 0.399 e. The summed E-state index contributed by atoms with van der Waals surface area (Å²) in [6.07, 6.45) is 7.84. The van der Waals surface area contributed by atoms with Crippen LogP contribution in [0.2, 0.25) is 0 Å². The van der Waals surface area contributed by atoms with Gasteiger partial charge in [-0.2, -0.15) is 0 Å². The number of hydrogen-bond acceptors (Lipinski definition) is 4. The molecule has 1 unspecified atom stereocenters. The molecule has 0 aliphatic heterocycles. The van der Waals surface area contributed by atoms with Crippen LogP contribution in [-0.2, 0) is 4.75 Å². The first-order valence-corrected chi connectivity index (χ1v) is 10.8. The summed E-state index contributed by atoms with van der Waals surface area (Å²) in [6.45, 7) is 0. The zero-order chi connectivity index (χ0) is 19.4. The summed E-state index contributed by atoms with van der Waals surface area (Å²) in [5, 5.41) is 0. The molecule has 0 saturated carbocycles. The van der Waals surface area contributed by atoms with Gasteiger partial charge in [0.25, 0.3) is 0 Å². The quantitative estimate of drug-likeness (QED) is 0.480. The van der Waals surface area contributed by atoms with Gasteiger partial charge in [0.1, 0.15) is 0 Å². The van der Waals surface area contributed by atoms with Crippen molar-refractivity contribution in [3.63, 3.8) is 0 Å². The third kappa shape index (κ3) is 4.29. The molecule has 0 heterocycles. The highest BCUT2D eigenvalue weighted by molar-refractivity contribution is 8.03. The third-order valence-electron chi connectivity index (χ3n) is 4.68. The molecule has 4 rings (SSSR count). The zero-order valence-corrected chi connectivity index (χ0v) is 17.0. The highest BCUT2D eigenvalue weighted by Gasteiger charge is 2.32. The number of rotatable bonds is 5. The van der Waals surface area contributed by atoms with Crippen LogP contribution in [0.25, 0.3) is 0 Å². The Balaban J connectivity index is 1.59. The molecule has 0 amide bonds. The van der Waals surface area contributed by atoms with Gasteiger partial charge in [-0.15, -0.1) is 11.8 Å². The summed E-state index contributed by atoms with van der Waals surface area (Å²) in [6, 6.07) is 26.8. The number of benzene rings is 3. The molecule has 0 saturated heterocycles. The minimum absolute atomic E-state index is 0.122. The van der Waals surface area contributed by atoms with Gasteiger partial charge in [-0.3, -0.25) is 0 Å². The van der Waals surface area contributed by atoms with Crippen molar-refractivity contribution in [1.82, 2.24) is 0 Å². The van der Waals surface area contributed by atoms with E-state index < -0.39 is 0 Å². The summed E-state index contributed by atoms with van der Waals surface area (Å²) in [4.78, 5) is 3.67. The number of hydrogen-bond donors (Lipinski definition) is 2. The Morgan fingerprint density at radius 1 is 0.714 bits per heavy atom. The predicted molar refractivity (Wildman–Crippen MR) is 123 cm³/mol. The van der Waals surface area contributed by atoms with Crippen molar-refractivity contribution in [2.45, 2.75) is 21.0 Å². The van der Waals surface area contributed by atoms with Crippen molar-refractivity contribution < 1.29 is 0 Å². The Hall–Kier alpha value is -2.56. The van der Waals surface area contributed by atoms with Crippen LogP contribution in [0.3, 0.4) is 0 Å². The van der Waals surface area contributed by atoms with E-state index in [-0.39, 0.29) is 4.75 Å². The van der Waals surface area contributed by atoms with Crippen molar-refractivity contribution in [3.05, 3.63) is 108 Å². The molecule has 0 bridgehead atoms. The van der Waals surface area contributed by atoms with Crippen molar-refractivity contribution in [1.29, 1.82) is 0 Å².